The van der Waals surface area contributed by atoms with Gasteiger partial charge in [-0.05, 0) is 75.6 Å². The fourth-order valence-electron chi connectivity index (χ4n) is 6.07. The fraction of sp³-hybridized carbons (Fsp3) is 0.591. The number of ketones is 1. The van der Waals surface area contributed by atoms with Crippen LogP contribution in [0.25, 0.3) is 0 Å². The molecule has 0 radical (unpaired) electrons. The monoisotopic (exact) mass is 340 g/mol. The summed E-state index contributed by atoms with van der Waals surface area (Å²) in [5.41, 5.74) is 2.72. The molecule has 1 aliphatic heterocycles. The van der Waals surface area contributed by atoms with Crippen LogP contribution in [0.5, 0.6) is 11.5 Å². The Balaban J connectivity index is 1.80. The average Bonchev–Trinajstić information content (AvgIpc) is 2.79. The van der Waals surface area contributed by atoms with Gasteiger partial charge in [-0.15, -0.1) is 0 Å². The summed E-state index contributed by atoms with van der Waals surface area (Å²) in [6.07, 6.45) is 4.44. The Morgan fingerprint density at radius 2 is 2.08 bits per heavy atom. The molecule has 0 unspecified atom stereocenters. The molecule has 0 saturated heterocycles. The maximum absolute atomic E-state index is 12.6. The fourth-order valence-corrected chi connectivity index (χ4v) is 6.07. The number of rotatable bonds is 3. The smallest absolute Gasteiger partial charge is 0.156 e. The summed E-state index contributed by atoms with van der Waals surface area (Å²) in [4.78, 5) is 12.6. The van der Waals surface area contributed by atoms with Crippen LogP contribution in [0.15, 0.2) is 23.8 Å². The number of allylic oxidation sites excluding steroid dienone is 2. The molecule has 1 heterocycles. The first-order valence-corrected chi connectivity index (χ1v) is 9.36. The molecule has 0 spiro atoms. The van der Waals surface area contributed by atoms with Crippen molar-refractivity contribution in [1.29, 1.82) is 0 Å². The quantitative estimate of drug-likeness (QED) is 0.796. The zero-order valence-electron chi connectivity index (χ0n) is 15.8. The normalized spacial score (nSPS) is 37.4. The second kappa shape index (κ2) is 5.12. The third-order valence-corrected chi connectivity index (χ3v) is 6.93. The molecule has 1 aromatic carbocycles. The number of aryl methyl sites for hydroxylation is 1. The molecule has 2 fully saturated rings. The first kappa shape index (κ1) is 16.7. The number of phenolic OH excluding ortho intramolecular Hbond substituents is 1. The van der Waals surface area contributed by atoms with Crippen LogP contribution in [0.2, 0.25) is 0 Å². The van der Waals surface area contributed by atoms with Gasteiger partial charge in [-0.1, -0.05) is 12.5 Å². The van der Waals surface area contributed by atoms with Crippen LogP contribution in [0.4, 0.5) is 0 Å². The van der Waals surface area contributed by atoms with Gasteiger partial charge in [0.1, 0.15) is 17.1 Å². The molecule has 3 heteroatoms. The van der Waals surface area contributed by atoms with E-state index < -0.39 is 0 Å². The number of hydrogen-bond donors (Lipinski definition) is 1. The summed E-state index contributed by atoms with van der Waals surface area (Å²) in [5.74, 6) is 2.44. The summed E-state index contributed by atoms with van der Waals surface area (Å²) in [7, 11) is 0. The van der Waals surface area contributed by atoms with E-state index in [9.17, 15) is 9.90 Å². The van der Waals surface area contributed by atoms with Gasteiger partial charge in [0.05, 0.1) is 0 Å². The number of ether oxygens (including phenoxy) is 1. The minimum absolute atomic E-state index is 0.100. The van der Waals surface area contributed by atoms with Gasteiger partial charge < -0.3 is 9.84 Å². The molecule has 3 aliphatic rings. The van der Waals surface area contributed by atoms with E-state index >= 15 is 0 Å². The van der Waals surface area contributed by atoms with E-state index in [1.165, 1.54) is 0 Å². The van der Waals surface area contributed by atoms with E-state index in [0.717, 1.165) is 35.3 Å². The molecule has 2 aliphatic carbocycles. The van der Waals surface area contributed by atoms with E-state index in [1.807, 2.05) is 32.9 Å². The third-order valence-electron chi connectivity index (χ3n) is 6.93. The number of carbonyl (C=O) groups excluding carboxylic acids is 1. The molecule has 0 amide bonds. The van der Waals surface area contributed by atoms with Crippen LogP contribution >= 0.6 is 0 Å². The molecule has 5 atom stereocenters. The van der Waals surface area contributed by atoms with Crippen molar-refractivity contribution in [3.05, 3.63) is 34.9 Å². The lowest BCUT2D eigenvalue weighted by Gasteiger charge is -2.63. The van der Waals surface area contributed by atoms with Gasteiger partial charge in [0.15, 0.2) is 5.78 Å². The minimum atomic E-state index is -0.165. The number of carbonyl (C=O) groups is 1. The predicted molar refractivity (Wildman–Crippen MR) is 98.0 cm³/mol. The van der Waals surface area contributed by atoms with Gasteiger partial charge >= 0.3 is 0 Å². The van der Waals surface area contributed by atoms with Crippen molar-refractivity contribution in [3.8, 4) is 11.5 Å². The first-order chi connectivity index (χ1) is 11.7. The summed E-state index contributed by atoms with van der Waals surface area (Å²) >= 11 is 0. The molecule has 3 nitrogen and oxygen atoms in total. The van der Waals surface area contributed by atoms with Crippen molar-refractivity contribution in [2.24, 2.45) is 17.3 Å². The summed E-state index contributed by atoms with van der Waals surface area (Å²) in [6, 6.07) is 3.87. The maximum Gasteiger partial charge on any atom is 0.156 e. The number of fused-ring (bicyclic) bond motifs is 2. The topological polar surface area (TPSA) is 46.5 Å². The summed E-state index contributed by atoms with van der Waals surface area (Å²) in [5, 5.41) is 10.7. The largest absolute Gasteiger partial charge is 0.508 e. The summed E-state index contributed by atoms with van der Waals surface area (Å²) < 4.78 is 6.41. The molecule has 2 saturated carbocycles. The van der Waals surface area contributed by atoms with Crippen LogP contribution in [0.3, 0.4) is 0 Å². The van der Waals surface area contributed by atoms with Crippen molar-refractivity contribution in [1.82, 2.24) is 0 Å². The summed E-state index contributed by atoms with van der Waals surface area (Å²) in [6.45, 7) is 10.4. The molecule has 1 N–H and O–H groups in total. The van der Waals surface area contributed by atoms with Crippen molar-refractivity contribution in [3.63, 3.8) is 0 Å². The Morgan fingerprint density at radius 3 is 2.76 bits per heavy atom. The van der Waals surface area contributed by atoms with Gasteiger partial charge in [0.25, 0.3) is 0 Å². The Bertz CT molecular complexity index is 789. The molecule has 25 heavy (non-hydrogen) atoms. The molecule has 134 valence electrons. The first-order valence-electron chi connectivity index (χ1n) is 9.36. The van der Waals surface area contributed by atoms with E-state index in [4.69, 9.17) is 4.74 Å². The highest BCUT2D eigenvalue weighted by molar-refractivity contribution is 5.91. The van der Waals surface area contributed by atoms with Gasteiger partial charge in [0, 0.05) is 23.8 Å². The lowest BCUT2D eigenvalue weighted by Crippen LogP contribution is -2.61. The second-order valence-corrected chi connectivity index (χ2v) is 9.13. The lowest BCUT2D eigenvalue weighted by molar-refractivity contribution is -0.145. The SMILES string of the molecule is CC(C)=CC(=O)C[C@@]1(C)[C@@H]2c3c(O)cc(C)cc3O[C@]3(C)CC[C@H]1[C@H]23. The Labute approximate surface area is 150 Å². The Kier molecular flexibility index (Phi) is 3.42. The lowest BCUT2D eigenvalue weighted by atomic mass is 9.43. The molecule has 0 bridgehead atoms. The molecule has 4 rings (SSSR count). The zero-order valence-corrected chi connectivity index (χ0v) is 15.8. The zero-order chi connectivity index (χ0) is 18.1. The van der Waals surface area contributed by atoms with Crippen LogP contribution in [0, 0.1) is 24.2 Å². The van der Waals surface area contributed by atoms with Crippen LogP contribution in [0.1, 0.15) is 64.0 Å². The Hall–Kier alpha value is -1.77. The van der Waals surface area contributed by atoms with Crippen molar-refractivity contribution < 1.29 is 14.6 Å². The molecule has 0 aromatic heterocycles. The number of benzene rings is 1. The van der Waals surface area contributed by atoms with E-state index in [2.05, 4.69) is 13.8 Å². The average molecular weight is 340 g/mol. The second-order valence-electron chi connectivity index (χ2n) is 9.13. The minimum Gasteiger partial charge on any atom is -0.508 e. The standard InChI is InChI=1S/C22H28O3/c1-12(2)8-14(23)11-21(4)15-6-7-22(5)19(15)20(21)18-16(24)9-13(3)10-17(18)25-22/h8-10,15,19-20,24H,6-7,11H2,1-5H3/t15-,19+,20+,21+,22+/m0/s1. The third kappa shape index (κ3) is 2.21. The Morgan fingerprint density at radius 1 is 1.36 bits per heavy atom. The highest BCUT2D eigenvalue weighted by Crippen LogP contribution is 2.75. The predicted octanol–water partition coefficient (Wildman–Crippen LogP) is 4.91. The maximum atomic E-state index is 12.6. The van der Waals surface area contributed by atoms with Gasteiger partial charge in [0.2, 0.25) is 0 Å². The molecular formula is C22H28O3. The van der Waals surface area contributed by atoms with E-state index in [1.54, 1.807) is 6.08 Å². The number of phenols is 1. The van der Waals surface area contributed by atoms with Gasteiger partial charge in [-0.2, -0.15) is 0 Å². The molecule has 1 aromatic rings. The number of aromatic hydroxyl groups is 1. The van der Waals surface area contributed by atoms with Crippen LogP contribution in [-0.2, 0) is 4.79 Å². The molecular weight excluding hydrogens is 312 g/mol. The van der Waals surface area contributed by atoms with Gasteiger partial charge in [-0.3, -0.25) is 4.79 Å². The van der Waals surface area contributed by atoms with Crippen LogP contribution in [-0.4, -0.2) is 16.5 Å². The van der Waals surface area contributed by atoms with E-state index in [-0.39, 0.29) is 22.7 Å². The van der Waals surface area contributed by atoms with E-state index in [0.29, 0.717) is 24.0 Å². The van der Waals surface area contributed by atoms with Crippen molar-refractivity contribution >= 4 is 5.78 Å². The van der Waals surface area contributed by atoms with Crippen LogP contribution < -0.4 is 4.74 Å². The highest BCUT2D eigenvalue weighted by Gasteiger charge is 2.71. The number of hydrogen-bond acceptors (Lipinski definition) is 3. The van der Waals surface area contributed by atoms with Gasteiger partial charge in [-0.25, -0.2) is 0 Å². The highest BCUT2D eigenvalue weighted by atomic mass is 16.5. The van der Waals surface area contributed by atoms with Crippen molar-refractivity contribution in [2.45, 2.75) is 65.4 Å². The van der Waals surface area contributed by atoms with Crippen molar-refractivity contribution in [2.75, 3.05) is 0 Å².